The van der Waals surface area contributed by atoms with Crippen molar-refractivity contribution in [3.63, 3.8) is 0 Å². The van der Waals surface area contributed by atoms with Crippen LogP contribution in [0.4, 0.5) is 11.4 Å². The van der Waals surface area contributed by atoms with Gasteiger partial charge >= 0.3 is 5.97 Å². The lowest BCUT2D eigenvalue weighted by atomic mass is 10.1. The fourth-order valence-electron chi connectivity index (χ4n) is 3.27. The van der Waals surface area contributed by atoms with E-state index in [2.05, 4.69) is 10.2 Å². The molecule has 0 aliphatic carbocycles. The third-order valence-corrected chi connectivity index (χ3v) is 4.85. The Morgan fingerprint density at radius 3 is 2.43 bits per heavy atom. The summed E-state index contributed by atoms with van der Waals surface area (Å²) in [5.74, 6) is -0.334. The van der Waals surface area contributed by atoms with E-state index >= 15 is 0 Å². The Bertz CT molecular complexity index is 827. The predicted octanol–water partition coefficient (Wildman–Crippen LogP) is 3.79. The van der Waals surface area contributed by atoms with Gasteiger partial charge in [0.15, 0.2) is 6.61 Å². The van der Waals surface area contributed by atoms with Gasteiger partial charge in [-0.25, -0.2) is 4.79 Å². The second kappa shape index (κ2) is 9.26. The van der Waals surface area contributed by atoms with E-state index in [-0.39, 0.29) is 12.5 Å². The Balaban J connectivity index is 1.50. The van der Waals surface area contributed by atoms with Crippen molar-refractivity contribution in [2.75, 3.05) is 37.0 Å². The average molecular weight is 382 g/mol. The van der Waals surface area contributed by atoms with Gasteiger partial charge in [-0.15, -0.1) is 0 Å². The summed E-state index contributed by atoms with van der Waals surface area (Å²) < 4.78 is 10.3. The molecule has 1 fully saturated rings. The predicted molar refractivity (Wildman–Crippen MR) is 109 cm³/mol. The molecule has 1 aliphatic rings. The highest BCUT2D eigenvalue weighted by Gasteiger charge is 2.13. The number of hydrogen-bond acceptors (Lipinski definition) is 5. The third kappa shape index (κ3) is 5.03. The summed E-state index contributed by atoms with van der Waals surface area (Å²) in [4.78, 5) is 26.6. The second-order valence-electron chi connectivity index (χ2n) is 6.90. The van der Waals surface area contributed by atoms with E-state index in [9.17, 15) is 9.59 Å². The van der Waals surface area contributed by atoms with Crippen LogP contribution in [-0.4, -0.2) is 38.7 Å². The number of hydrogen-bond donors (Lipinski definition) is 1. The molecule has 6 nitrogen and oxygen atoms in total. The van der Waals surface area contributed by atoms with E-state index in [1.54, 1.807) is 25.3 Å². The van der Waals surface area contributed by atoms with Crippen molar-refractivity contribution >= 4 is 23.3 Å². The number of carbonyl (C=O) groups excluding carboxylic acids is 2. The molecule has 1 heterocycles. The minimum atomic E-state index is -0.561. The highest BCUT2D eigenvalue weighted by atomic mass is 16.5. The topological polar surface area (TPSA) is 67.9 Å². The SMILES string of the molecule is COc1cc(C(=O)OCC(=O)Nc2ccc(N3CCCCC3)cc2)ccc1C. The zero-order valence-electron chi connectivity index (χ0n) is 16.4. The monoisotopic (exact) mass is 382 g/mol. The number of carbonyl (C=O) groups is 2. The van der Waals surface area contributed by atoms with Gasteiger partial charge in [0.1, 0.15) is 5.75 Å². The van der Waals surface area contributed by atoms with Crippen LogP contribution in [0.15, 0.2) is 42.5 Å². The van der Waals surface area contributed by atoms with Gasteiger partial charge < -0.3 is 19.7 Å². The summed E-state index contributed by atoms with van der Waals surface area (Å²) in [5, 5.41) is 2.75. The van der Waals surface area contributed by atoms with E-state index < -0.39 is 5.97 Å². The molecule has 0 bridgehead atoms. The minimum Gasteiger partial charge on any atom is -0.496 e. The van der Waals surface area contributed by atoms with Gasteiger partial charge in [0.2, 0.25) is 0 Å². The zero-order chi connectivity index (χ0) is 19.9. The van der Waals surface area contributed by atoms with Crippen LogP contribution >= 0.6 is 0 Å². The maximum atomic E-state index is 12.1. The standard InChI is InChI=1S/C22H26N2O4/c1-16-6-7-17(14-20(16)27-2)22(26)28-15-21(25)23-18-8-10-19(11-9-18)24-12-4-3-5-13-24/h6-11,14H,3-5,12-13,15H2,1-2H3,(H,23,25). The molecule has 0 saturated carbocycles. The number of piperidine rings is 1. The molecule has 28 heavy (non-hydrogen) atoms. The number of ether oxygens (including phenoxy) is 2. The smallest absolute Gasteiger partial charge is 0.338 e. The molecule has 1 N–H and O–H groups in total. The van der Waals surface area contributed by atoms with E-state index in [1.165, 1.54) is 19.3 Å². The van der Waals surface area contributed by atoms with Crippen molar-refractivity contribution in [2.45, 2.75) is 26.2 Å². The maximum absolute atomic E-state index is 12.1. The Labute approximate surface area is 165 Å². The summed E-state index contributed by atoms with van der Waals surface area (Å²) in [6.45, 7) is 3.69. The molecule has 0 aromatic heterocycles. The summed E-state index contributed by atoms with van der Waals surface area (Å²) in [7, 11) is 1.54. The van der Waals surface area contributed by atoms with Gasteiger partial charge in [0, 0.05) is 24.5 Å². The van der Waals surface area contributed by atoms with Gasteiger partial charge in [-0.3, -0.25) is 4.79 Å². The number of amides is 1. The second-order valence-corrected chi connectivity index (χ2v) is 6.90. The fraction of sp³-hybridized carbons (Fsp3) is 0.364. The molecular weight excluding hydrogens is 356 g/mol. The van der Waals surface area contributed by atoms with E-state index in [1.807, 2.05) is 31.2 Å². The molecule has 148 valence electrons. The molecule has 1 saturated heterocycles. The van der Waals surface area contributed by atoms with Crippen molar-refractivity contribution in [3.8, 4) is 5.75 Å². The minimum absolute atomic E-state index is 0.344. The van der Waals surface area contributed by atoms with Crippen LogP contribution in [-0.2, 0) is 9.53 Å². The first-order valence-corrected chi connectivity index (χ1v) is 9.53. The number of anilines is 2. The van der Waals surface area contributed by atoms with Crippen LogP contribution in [0.5, 0.6) is 5.75 Å². The molecule has 6 heteroatoms. The maximum Gasteiger partial charge on any atom is 0.338 e. The molecule has 0 atom stereocenters. The van der Waals surface area contributed by atoms with Crippen LogP contribution < -0.4 is 15.0 Å². The van der Waals surface area contributed by atoms with Crippen LogP contribution in [0.1, 0.15) is 35.2 Å². The molecule has 1 aliphatic heterocycles. The fourth-order valence-corrected chi connectivity index (χ4v) is 3.27. The molecular formula is C22H26N2O4. The van der Waals surface area contributed by atoms with Crippen LogP contribution in [0.3, 0.4) is 0 Å². The molecule has 0 radical (unpaired) electrons. The number of nitrogens with one attached hydrogen (secondary N) is 1. The van der Waals surface area contributed by atoms with Gasteiger partial charge in [-0.05, 0) is 68.1 Å². The first-order valence-electron chi connectivity index (χ1n) is 9.53. The summed E-state index contributed by atoms with van der Waals surface area (Å²) in [6, 6.07) is 12.8. The van der Waals surface area contributed by atoms with Crippen molar-refractivity contribution in [1.29, 1.82) is 0 Å². The molecule has 0 unspecified atom stereocenters. The largest absolute Gasteiger partial charge is 0.496 e. The van der Waals surface area contributed by atoms with Crippen molar-refractivity contribution in [1.82, 2.24) is 0 Å². The van der Waals surface area contributed by atoms with Crippen LogP contribution in [0.25, 0.3) is 0 Å². The highest BCUT2D eigenvalue weighted by Crippen LogP contribution is 2.22. The normalized spacial score (nSPS) is 13.7. The lowest BCUT2D eigenvalue weighted by Crippen LogP contribution is -2.29. The Kier molecular flexibility index (Phi) is 6.53. The number of methoxy groups -OCH3 is 1. The number of benzene rings is 2. The molecule has 1 amide bonds. The van der Waals surface area contributed by atoms with Crippen LogP contribution in [0.2, 0.25) is 0 Å². The van der Waals surface area contributed by atoms with E-state index in [0.717, 1.165) is 24.3 Å². The van der Waals surface area contributed by atoms with Gasteiger partial charge in [0.25, 0.3) is 5.91 Å². The molecule has 0 spiro atoms. The Hall–Kier alpha value is -3.02. The first kappa shape index (κ1) is 19.7. The van der Waals surface area contributed by atoms with Crippen molar-refractivity contribution in [2.24, 2.45) is 0 Å². The van der Waals surface area contributed by atoms with Crippen molar-refractivity contribution in [3.05, 3.63) is 53.6 Å². The lowest BCUT2D eigenvalue weighted by molar-refractivity contribution is -0.119. The quantitative estimate of drug-likeness (QED) is 0.770. The zero-order valence-corrected chi connectivity index (χ0v) is 16.4. The van der Waals surface area contributed by atoms with E-state index in [4.69, 9.17) is 9.47 Å². The number of rotatable bonds is 6. The average Bonchev–Trinajstić information content (AvgIpc) is 2.73. The summed E-state index contributed by atoms with van der Waals surface area (Å²) in [6.07, 6.45) is 3.73. The number of esters is 1. The highest BCUT2D eigenvalue weighted by molar-refractivity contribution is 5.95. The number of nitrogens with zero attached hydrogens (tertiary/aromatic N) is 1. The molecule has 2 aromatic carbocycles. The summed E-state index contributed by atoms with van der Waals surface area (Å²) in [5.41, 5.74) is 3.11. The van der Waals surface area contributed by atoms with Gasteiger partial charge in [-0.1, -0.05) is 6.07 Å². The Morgan fingerprint density at radius 2 is 1.75 bits per heavy atom. The lowest BCUT2D eigenvalue weighted by Gasteiger charge is -2.28. The molecule has 2 aromatic rings. The molecule has 3 rings (SSSR count). The van der Waals surface area contributed by atoms with Gasteiger partial charge in [0.05, 0.1) is 12.7 Å². The van der Waals surface area contributed by atoms with Crippen LogP contribution in [0, 0.1) is 6.92 Å². The van der Waals surface area contributed by atoms with Crippen molar-refractivity contribution < 1.29 is 19.1 Å². The third-order valence-electron chi connectivity index (χ3n) is 4.85. The summed E-state index contributed by atoms with van der Waals surface area (Å²) >= 11 is 0. The van der Waals surface area contributed by atoms with Gasteiger partial charge in [-0.2, -0.15) is 0 Å². The Morgan fingerprint density at radius 1 is 1.04 bits per heavy atom. The number of aryl methyl sites for hydroxylation is 1. The first-order chi connectivity index (χ1) is 13.6. The van der Waals surface area contributed by atoms with E-state index in [0.29, 0.717) is 17.0 Å².